The Hall–Kier alpha value is -10.6. The number of phosphoric ester groups is 2. The summed E-state index contributed by atoms with van der Waals surface area (Å²) in [6.07, 6.45) is 4.89. The Labute approximate surface area is 662 Å². The Morgan fingerprint density at radius 3 is 0.872 bits per heavy atom. The molecule has 520 valence electrons. The van der Waals surface area contributed by atoms with Crippen LogP contribution in [0.1, 0.15) is 93.2 Å². The van der Waals surface area contributed by atoms with E-state index in [1.54, 1.807) is 12.1 Å². The average molecular weight is 1480 g/mol. The molecule has 22 rings (SSSR count). The average Bonchev–Trinajstić information content (AvgIpc) is 1.54. The summed E-state index contributed by atoms with van der Waals surface area (Å²) in [5.74, 6) is 1.63. The Balaban J connectivity index is 0.000000142. The van der Waals surface area contributed by atoms with Gasteiger partial charge in [0.25, 0.3) is 0 Å². The predicted molar refractivity (Wildman–Crippen MR) is 436 cm³/mol. The van der Waals surface area contributed by atoms with Gasteiger partial charge in [-0.05, 0) is 230 Å². The van der Waals surface area contributed by atoms with Crippen molar-refractivity contribution in [2.45, 2.75) is 61.2 Å². The van der Waals surface area contributed by atoms with Crippen LogP contribution in [0.4, 0.5) is 0 Å². The van der Waals surface area contributed by atoms with Crippen molar-refractivity contribution in [1.29, 1.82) is 0 Å². The van der Waals surface area contributed by atoms with Crippen molar-refractivity contribution < 1.29 is 37.0 Å². The van der Waals surface area contributed by atoms with E-state index in [-0.39, 0.29) is 49.6 Å². The topological polar surface area (TPSA) is 117 Å². The third-order valence-corrected chi connectivity index (χ3v) is 25.9. The van der Waals surface area contributed by atoms with Crippen molar-refractivity contribution >= 4 is 96.5 Å². The molecular weight excluding hydrogens is 1410 g/mol. The molecule has 8 nitrogen and oxygen atoms in total. The van der Waals surface area contributed by atoms with Gasteiger partial charge in [-0.25, -0.2) is 9.13 Å². The number of benzene rings is 16. The van der Waals surface area contributed by atoms with Gasteiger partial charge in [0.15, 0.2) is 0 Å². The Bertz CT molecular complexity index is 6120. The molecule has 0 saturated carbocycles. The summed E-state index contributed by atoms with van der Waals surface area (Å²) in [6.45, 7) is 0. The Kier molecular flexibility index (Phi) is 16.4. The Morgan fingerprint density at radius 2 is 0.550 bits per heavy atom. The number of hydrogen-bond donors (Lipinski definition) is 0. The molecule has 6 atom stereocenters. The predicted octanol–water partition coefficient (Wildman–Crippen LogP) is 23.6. The molecule has 6 aliphatic rings. The van der Waals surface area contributed by atoms with Gasteiger partial charge in [-0.1, -0.05) is 279 Å². The molecule has 0 radical (unpaired) electrons. The van der Waals surface area contributed by atoms with Crippen molar-refractivity contribution in [1.82, 2.24) is 0 Å². The van der Waals surface area contributed by atoms with E-state index in [1.807, 2.05) is 36.4 Å². The fourth-order valence-electron chi connectivity index (χ4n) is 19.4. The Morgan fingerprint density at radius 1 is 0.275 bits per heavy atom. The molecule has 2 aliphatic heterocycles. The van der Waals surface area contributed by atoms with Crippen LogP contribution in [0.15, 0.2) is 328 Å². The van der Waals surface area contributed by atoms with Crippen LogP contribution in [0.2, 0.25) is 0 Å². The van der Waals surface area contributed by atoms with Crippen LogP contribution >= 0.6 is 15.6 Å². The minimum absolute atomic E-state index is 0. The monoisotopic (exact) mass is 1470 g/mol. The van der Waals surface area contributed by atoms with Crippen molar-refractivity contribution in [3.05, 3.63) is 383 Å². The van der Waals surface area contributed by atoms with Gasteiger partial charge >= 0.3 is 53.4 Å². The summed E-state index contributed by atoms with van der Waals surface area (Å²) in [7, 11) is -9.42. The number of hydrogen-bond acceptors (Lipinski definition) is 8. The summed E-state index contributed by atoms with van der Waals surface area (Å²) in [6, 6.07) is 115. The second-order valence-corrected chi connectivity index (χ2v) is 32.5. The van der Waals surface area contributed by atoms with Crippen LogP contribution in [-0.2, 0) is 32.8 Å². The second-order valence-electron chi connectivity index (χ2n) is 30.0. The molecule has 109 heavy (non-hydrogen) atoms. The third kappa shape index (κ3) is 11.5. The fraction of sp³-hybridized carbons (Fsp3) is 0.102. The third-order valence-electron chi connectivity index (χ3n) is 24.2. The minimum Gasteiger partial charge on any atom is -0.736 e. The molecule has 4 aliphatic carbocycles. The van der Waals surface area contributed by atoms with Crippen LogP contribution in [0, 0.1) is 0 Å². The van der Waals surface area contributed by atoms with Gasteiger partial charge in [0.1, 0.15) is 23.0 Å². The van der Waals surface area contributed by atoms with E-state index >= 15 is 0 Å². The molecule has 0 saturated heterocycles. The maximum Gasteiger partial charge on any atom is 2.00 e. The molecule has 16 aromatic carbocycles. The van der Waals surface area contributed by atoms with Gasteiger partial charge in [-0.3, -0.25) is 0 Å². The summed E-state index contributed by atoms with van der Waals surface area (Å²) in [5, 5.41) is 9.78. The van der Waals surface area contributed by atoms with E-state index in [2.05, 4.69) is 279 Å². The van der Waals surface area contributed by atoms with Gasteiger partial charge in [-0.15, -0.1) is 0 Å². The summed E-state index contributed by atoms with van der Waals surface area (Å²) in [5.41, 5.74) is 23.8. The molecule has 16 aromatic rings. The van der Waals surface area contributed by atoms with Gasteiger partial charge in [0.2, 0.25) is 0 Å². The summed E-state index contributed by atoms with van der Waals surface area (Å²) >= 11 is 0. The molecule has 0 amide bonds. The maximum absolute atomic E-state index is 13.4. The van der Waals surface area contributed by atoms with Gasteiger partial charge < -0.3 is 27.9 Å². The van der Waals surface area contributed by atoms with Gasteiger partial charge in [0.05, 0.1) is 0 Å². The van der Waals surface area contributed by atoms with Crippen LogP contribution in [0.3, 0.4) is 0 Å². The minimum atomic E-state index is -4.71. The summed E-state index contributed by atoms with van der Waals surface area (Å²) in [4.78, 5) is 26.8. The number of phosphoric acid groups is 2. The zero-order valence-corrected chi connectivity index (χ0v) is 63.4. The zero-order valence-electron chi connectivity index (χ0n) is 59.4. The molecular formula is C98H68CaO8P2. The molecule has 0 N–H and O–H groups in total. The van der Waals surface area contributed by atoms with Crippen LogP contribution in [0.5, 0.6) is 23.0 Å². The molecule has 6 unspecified atom stereocenters. The molecule has 2 spiro atoms. The van der Waals surface area contributed by atoms with Crippen molar-refractivity contribution in [2.24, 2.45) is 0 Å². The quantitative estimate of drug-likeness (QED) is 0.109. The fourth-order valence-corrected chi connectivity index (χ4v) is 21.1. The number of fused-ring (bicyclic) bond motifs is 4. The molecule has 0 bridgehead atoms. The maximum atomic E-state index is 13.4. The summed E-state index contributed by atoms with van der Waals surface area (Å²) < 4.78 is 50.1. The number of rotatable bonds is 8. The van der Waals surface area contributed by atoms with Crippen molar-refractivity contribution in [2.75, 3.05) is 0 Å². The normalized spacial score (nSPS) is 20.6. The van der Waals surface area contributed by atoms with E-state index in [0.29, 0.717) is 23.0 Å². The van der Waals surface area contributed by atoms with Crippen LogP contribution in [-0.4, -0.2) is 37.7 Å². The van der Waals surface area contributed by atoms with Crippen molar-refractivity contribution in [3.63, 3.8) is 0 Å². The largest absolute Gasteiger partial charge is 2.00 e. The first-order valence-corrected chi connectivity index (χ1v) is 40.1. The van der Waals surface area contributed by atoms with E-state index in [1.165, 1.54) is 76.5 Å². The zero-order chi connectivity index (χ0) is 72.0. The van der Waals surface area contributed by atoms with E-state index in [0.717, 1.165) is 128 Å². The first-order valence-electron chi connectivity index (χ1n) is 37.2. The van der Waals surface area contributed by atoms with Crippen LogP contribution < -0.4 is 27.9 Å². The smallest absolute Gasteiger partial charge is 0.736 e. The first-order chi connectivity index (χ1) is 52.8. The molecule has 0 fully saturated rings. The van der Waals surface area contributed by atoms with E-state index < -0.39 is 26.5 Å². The molecule has 2 heterocycles. The van der Waals surface area contributed by atoms with Gasteiger partial charge in [-0.2, -0.15) is 0 Å². The van der Waals surface area contributed by atoms with Crippen molar-refractivity contribution in [3.8, 4) is 89.8 Å². The molecule has 11 heteroatoms. The first kappa shape index (κ1) is 67.7. The van der Waals surface area contributed by atoms with E-state index in [4.69, 9.17) is 18.1 Å². The van der Waals surface area contributed by atoms with Gasteiger partial charge in [0, 0.05) is 44.9 Å². The standard InChI is InChI=1S/2C49H35O4P.Ca/c2*50-54(51)52-45-11-5-10-42-44(36-20-14-34(15-21-36)40-23-17-32-7-2-4-9-38(32)29-40)30-49(47(42)45)27-26-43-41(24-25-46(53-54)48(43)49)35-18-12-33(13-19-35)39-22-16-31-6-1-3-8-37(31)28-39;/h2*1-25,28-29,44H,26-27,30H2,(H,50,51);/q;;+2/p-2. The van der Waals surface area contributed by atoms with Crippen LogP contribution in [0.25, 0.3) is 110 Å². The SMILES string of the molecule is O=P1([O-])Oc2cccc3c2C2(CCc4c(-c5ccc(-c6ccc7ccccc7c6)cc5)ccc(c42)O1)CC3c1ccc(-c2ccc3ccccc3c2)cc1.O=P1([O-])Oc2cccc3c2C2(CCc4c(-c5ccc(-c6ccc7ccccc7c6)cc5)ccc(c42)O1)CC3c1ccc(-c2ccc3ccccc3c2)cc1.[Ca+2]. The molecule has 0 aromatic heterocycles. The van der Waals surface area contributed by atoms with E-state index in [9.17, 15) is 18.9 Å². The second kappa shape index (κ2) is 26.3.